The van der Waals surface area contributed by atoms with E-state index in [4.69, 9.17) is 0 Å². The van der Waals surface area contributed by atoms with E-state index in [0.29, 0.717) is 18.0 Å². The van der Waals surface area contributed by atoms with Crippen LogP contribution in [0.2, 0.25) is 0 Å². The molecule has 4 heteroatoms. The molecule has 22 heavy (non-hydrogen) atoms. The monoisotopic (exact) mass is 304 g/mol. The topological polar surface area (TPSA) is 58.2 Å². The second-order valence-corrected chi connectivity index (χ2v) is 6.31. The maximum Gasteiger partial charge on any atom is 0.251 e. The van der Waals surface area contributed by atoms with Crippen molar-refractivity contribution >= 4 is 11.8 Å². The standard InChI is InChI=1S/C18H28N2O2/c1-13(2)6-5-7-14(3)20-18(22)17-10-8-16(9-11-17)12-19-15(4)21/h8-11,13-14H,5-7,12H2,1-4H3,(H,19,21)(H,20,22). The van der Waals surface area contributed by atoms with E-state index in [2.05, 4.69) is 24.5 Å². The number of carbonyl (C=O) groups excluding carboxylic acids is 2. The van der Waals surface area contributed by atoms with E-state index in [1.54, 1.807) is 12.1 Å². The average Bonchev–Trinajstić information content (AvgIpc) is 2.45. The Kier molecular flexibility index (Phi) is 7.64. The van der Waals surface area contributed by atoms with E-state index in [-0.39, 0.29) is 17.9 Å². The Hall–Kier alpha value is -1.84. The molecule has 0 fully saturated rings. The molecule has 0 saturated carbocycles. The molecular formula is C18H28N2O2. The van der Waals surface area contributed by atoms with Crippen LogP contribution >= 0.6 is 0 Å². The van der Waals surface area contributed by atoms with Crippen LogP contribution in [0.1, 0.15) is 62.9 Å². The normalized spacial score (nSPS) is 12.0. The summed E-state index contributed by atoms with van der Waals surface area (Å²) in [5.74, 6) is 0.610. The third kappa shape index (κ3) is 7.25. The van der Waals surface area contributed by atoms with Crippen LogP contribution in [0.25, 0.3) is 0 Å². The zero-order valence-electron chi connectivity index (χ0n) is 14.1. The van der Waals surface area contributed by atoms with Gasteiger partial charge in [0.15, 0.2) is 0 Å². The molecule has 4 nitrogen and oxygen atoms in total. The molecule has 0 aromatic heterocycles. The summed E-state index contributed by atoms with van der Waals surface area (Å²) in [7, 11) is 0. The fraction of sp³-hybridized carbons (Fsp3) is 0.556. The molecule has 2 amide bonds. The Balaban J connectivity index is 2.43. The average molecular weight is 304 g/mol. The van der Waals surface area contributed by atoms with Crippen LogP contribution in [0.3, 0.4) is 0 Å². The number of rotatable bonds is 8. The van der Waals surface area contributed by atoms with Gasteiger partial charge in [0.2, 0.25) is 5.91 Å². The molecule has 1 aromatic rings. The quantitative estimate of drug-likeness (QED) is 0.774. The lowest BCUT2D eigenvalue weighted by molar-refractivity contribution is -0.119. The van der Waals surface area contributed by atoms with Crippen molar-refractivity contribution < 1.29 is 9.59 Å². The minimum Gasteiger partial charge on any atom is -0.352 e. The fourth-order valence-electron chi connectivity index (χ4n) is 2.21. The first-order valence-electron chi connectivity index (χ1n) is 8.02. The zero-order chi connectivity index (χ0) is 16.5. The molecule has 0 saturated heterocycles. The Morgan fingerprint density at radius 2 is 1.68 bits per heavy atom. The molecule has 1 atom stereocenters. The maximum absolute atomic E-state index is 12.1. The van der Waals surface area contributed by atoms with Crippen molar-refractivity contribution in [2.45, 2.75) is 59.5 Å². The van der Waals surface area contributed by atoms with Gasteiger partial charge in [-0.05, 0) is 37.0 Å². The third-order valence-corrected chi connectivity index (χ3v) is 3.55. The Morgan fingerprint density at radius 1 is 1.05 bits per heavy atom. The molecule has 0 radical (unpaired) electrons. The molecule has 0 aliphatic heterocycles. The predicted octanol–water partition coefficient (Wildman–Crippen LogP) is 3.27. The Morgan fingerprint density at radius 3 is 2.23 bits per heavy atom. The Bertz CT molecular complexity index is 480. The number of hydrogen-bond acceptors (Lipinski definition) is 2. The largest absolute Gasteiger partial charge is 0.352 e. The van der Waals surface area contributed by atoms with Gasteiger partial charge in [-0.25, -0.2) is 0 Å². The van der Waals surface area contributed by atoms with Crippen LogP contribution in [-0.2, 0) is 11.3 Å². The van der Waals surface area contributed by atoms with Crippen LogP contribution in [0.4, 0.5) is 0 Å². The van der Waals surface area contributed by atoms with Crippen molar-refractivity contribution in [3.05, 3.63) is 35.4 Å². The van der Waals surface area contributed by atoms with Gasteiger partial charge in [0.25, 0.3) is 5.91 Å². The van der Waals surface area contributed by atoms with Gasteiger partial charge < -0.3 is 10.6 Å². The van der Waals surface area contributed by atoms with Crippen molar-refractivity contribution in [3.8, 4) is 0 Å². The second kappa shape index (κ2) is 9.23. The summed E-state index contributed by atoms with van der Waals surface area (Å²) in [5, 5.41) is 5.77. The molecule has 0 aliphatic carbocycles. The Labute approximate surface area is 133 Å². The molecule has 1 rings (SSSR count). The fourth-order valence-corrected chi connectivity index (χ4v) is 2.21. The maximum atomic E-state index is 12.1. The summed E-state index contributed by atoms with van der Waals surface area (Å²) in [6.45, 7) is 8.45. The molecule has 122 valence electrons. The van der Waals surface area contributed by atoms with Gasteiger partial charge in [-0.2, -0.15) is 0 Å². The van der Waals surface area contributed by atoms with Crippen molar-refractivity contribution in [2.24, 2.45) is 5.92 Å². The molecular weight excluding hydrogens is 276 g/mol. The molecule has 0 aliphatic rings. The number of carbonyl (C=O) groups is 2. The van der Waals surface area contributed by atoms with Gasteiger partial charge in [0, 0.05) is 25.1 Å². The van der Waals surface area contributed by atoms with Crippen molar-refractivity contribution in [2.75, 3.05) is 0 Å². The van der Waals surface area contributed by atoms with E-state index in [1.165, 1.54) is 13.3 Å². The van der Waals surface area contributed by atoms with E-state index in [1.807, 2.05) is 19.1 Å². The van der Waals surface area contributed by atoms with E-state index < -0.39 is 0 Å². The molecule has 0 bridgehead atoms. The summed E-state index contributed by atoms with van der Waals surface area (Å²) in [5.41, 5.74) is 1.64. The third-order valence-electron chi connectivity index (χ3n) is 3.55. The van der Waals surface area contributed by atoms with Crippen LogP contribution in [0.15, 0.2) is 24.3 Å². The van der Waals surface area contributed by atoms with E-state index >= 15 is 0 Å². The minimum absolute atomic E-state index is 0.0388. The predicted molar refractivity (Wildman–Crippen MR) is 89.6 cm³/mol. The molecule has 2 N–H and O–H groups in total. The highest BCUT2D eigenvalue weighted by atomic mass is 16.2. The molecule has 0 heterocycles. The van der Waals surface area contributed by atoms with Gasteiger partial charge in [-0.3, -0.25) is 9.59 Å². The highest BCUT2D eigenvalue weighted by Gasteiger charge is 2.10. The highest BCUT2D eigenvalue weighted by Crippen LogP contribution is 2.09. The van der Waals surface area contributed by atoms with Gasteiger partial charge in [-0.1, -0.05) is 38.8 Å². The molecule has 1 aromatic carbocycles. The first-order chi connectivity index (χ1) is 10.4. The van der Waals surface area contributed by atoms with E-state index in [9.17, 15) is 9.59 Å². The molecule has 1 unspecified atom stereocenters. The first-order valence-corrected chi connectivity index (χ1v) is 8.02. The van der Waals surface area contributed by atoms with Crippen molar-refractivity contribution in [1.29, 1.82) is 0 Å². The number of nitrogens with one attached hydrogen (secondary N) is 2. The van der Waals surface area contributed by atoms with Gasteiger partial charge >= 0.3 is 0 Å². The number of amides is 2. The van der Waals surface area contributed by atoms with Crippen LogP contribution < -0.4 is 10.6 Å². The zero-order valence-corrected chi connectivity index (χ0v) is 14.1. The summed E-state index contributed by atoms with van der Waals surface area (Å²) < 4.78 is 0. The summed E-state index contributed by atoms with van der Waals surface area (Å²) in [6, 6.07) is 7.52. The summed E-state index contributed by atoms with van der Waals surface area (Å²) in [6.07, 6.45) is 3.33. The lowest BCUT2D eigenvalue weighted by Gasteiger charge is -2.14. The second-order valence-electron chi connectivity index (χ2n) is 6.31. The van der Waals surface area contributed by atoms with Crippen molar-refractivity contribution in [3.63, 3.8) is 0 Å². The van der Waals surface area contributed by atoms with Gasteiger partial charge in [0.05, 0.1) is 0 Å². The SMILES string of the molecule is CC(=O)NCc1ccc(C(=O)NC(C)CCCC(C)C)cc1. The lowest BCUT2D eigenvalue weighted by Crippen LogP contribution is -2.32. The molecule has 0 spiro atoms. The lowest BCUT2D eigenvalue weighted by atomic mass is 10.0. The van der Waals surface area contributed by atoms with Gasteiger partial charge in [0.1, 0.15) is 0 Å². The summed E-state index contributed by atoms with van der Waals surface area (Å²) >= 11 is 0. The van der Waals surface area contributed by atoms with Crippen molar-refractivity contribution in [1.82, 2.24) is 10.6 Å². The van der Waals surface area contributed by atoms with Gasteiger partial charge in [-0.15, -0.1) is 0 Å². The van der Waals surface area contributed by atoms with Crippen LogP contribution in [-0.4, -0.2) is 17.9 Å². The number of benzene rings is 1. The number of hydrogen-bond donors (Lipinski definition) is 2. The summed E-state index contributed by atoms with van der Waals surface area (Å²) in [4.78, 5) is 23.0. The van der Waals surface area contributed by atoms with Crippen LogP contribution in [0.5, 0.6) is 0 Å². The smallest absolute Gasteiger partial charge is 0.251 e. The minimum atomic E-state index is -0.0583. The highest BCUT2D eigenvalue weighted by molar-refractivity contribution is 5.94. The van der Waals surface area contributed by atoms with Crippen LogP contribution in [0, 0.1) is 5.92 Å². The first kappa shape index (κ1) is 18.2. The van der Waals surface area contributed by atoms with E-state index in [0.717, 1.165) is 18.4 Å².